The summed E-state index contributed by atoms with van der Waals surface area (Å²) in [5.74, 6) is 1.74. The van der Waals surface area contributed by atoms with E-state index in [0.29, 0.717) is 6.54 Å². The van der Waals surface area contributed by atoms with Gasteiger partial charge in [0.2, 0.25) is 12.7 Å². The zero-order valence-corrected chi connectivity index (χ0v) is 17.5. The van der Waals surface area contributed by atoms with Crippen molar-refractivity contribution in [3.8, 4) is 11.5 Å². The molecule has 4 rings (SSSR count). The Morgan fingerprint density at radius 1 is 1.24 bits per heavy atom. The van der Waals surface area contributed by atoms with Crippen LogP contribution in [0, 0.1) is 5.92 Å². The first kappa shape index (κ1) is 20.5. The van der Waals surface area contributed by atoms with Crippen LogP contribution >= 0.6 is 0 Å². The van der Waals surface area contributed by atoms with Crippen LogP contribution in [0.2, 0.25) is 0 Å². The number of unbranched alkanes of at least 4 members (excludes halogenated alkanes) is 2. The van der Waals surface area contributed by atoms with Gasteiger partial charge in [0.25, 0.3) is 0 Å². The molecule has 2 fully saturated rings. The molecule has 1 aromatic carbocycles. The Bertz CT molecular complexity index is 725. The fraction of sp³-hybridized carbons (Fsp3) is 0.696. The summed E-state index contributed by atoms with van der Waals surface area (Å²) in [4.78, 5) is 14.9. The molecule has 1 aromatic rings. The quantitative estimate of drug-likeness (QED) is 0.684. The number of aliphatic hydroxyl groups is 1. The molecule has 1 saturated heterocycles. The Balaban J connectivity index is 1.54. The molecular formula is C23H34N2O4. The normalized spacial score (nSPS) is 28.8. The van der Waals surface area contributed by atoms with E-state index < -0.39 is 5.60 Å². The summed E-state index contributed by atoms with van der Waals surface area (Å²) in [5.41, 5.74) is 0.478. The highest BCUT2D eigenvalue weighted by molar-refractivity contribution is 5.78. The average Bonchev–Trinajstić information content (AvgIpc) is 3.19. The van der Waals surface area contributed by atoms with Crippen LogP contribution < -0.4 is 14.8 Å². The zero-order valence-electron chi connectivity index (χ0n) is 17.5. The first-order valence-corrected chi connectivity index (χ1v) is 11.2. The minimum Gasteiger partial charge on any atom is -0.454 e. The van der Waals surface area contributed by atoms with Gasteiger partial charge in [-0.25, -0.2) is 0 Å². The molecule has 2 N–H and O–H groups in total. The molecule has 160 valence electrons. The molecule has 29 heavy (non-hydrogen) atoms. The van der Waals surface area contributed by atoms with Crippen LogP contribution in [0.25, 0.3) is 0 Å². The highest BCUT2D eigenvalue weighted by atomic mass is 16.7. The maximum Gasteiger partial charge on any atom is 0.234 e. The molecular weight excluding hydrogens is 368 g/mol. The zero-order chi connectivity index (χ0) is 20.3. The summed E-state index contributed by atoms with van der Waals surface area (Å²) in [6, 6.07) is 6.09. The SMILES string of the molecule is CCCCCNC(=O)CN1CCC2(O)CCCCC2C1c1ccc2c(c1)OCO2. The van der Waals surface area contributed by atoms with Crippen molar-refractivity contribution in [2.45, 2.75) is 69.9 Å². The van der Waals surface area contributed by atoms with Crippen molar-refractivity contribution < 1.29 is 19.4 Å². The number of likely N-dealkylation sites (tertiary alicyclic amines) is 1. The summed E-state index contributed by atoms with van der Waals surface area (Å²) < 4.78 is 11.1. The highest BCUT2D eigenvalue weighted by Gasteiger charge is 2.49. The monoisotopic (exact) mass is 402 g/mol. The summed E-state index contributed by atoms with van der Waals surface area (Å²) in [6.45, 7) is 4.26. The minimum absolute atomic E-state index is 0.0185. The van der Waals surface area contributed by atoms with Crippen molar-refractivity contribution >= 4 is 5.91 Å². The second kappa shape index (κ2) is 8.92. The molecule has 1 aliphatic carbocycles. The third-order valence-corrected chi connectivity index (χ3v) is 6.86. The van der Waals surface area contributed by atoms with E-state index in [-0.39, 0.29) is 24.7 Å². The minimum atomic E-state index is -0.632. The molecule has 0 bridgehead atoms. The lowest BCUT2D eigenvalue weighted by atomic mass is 9.66. The second-order valence-corrected chi connectivity index (χ2v) is 8.79. The smallest absolute Gasteiger partial charge is 0.234 e. The molecule has 6 heteroatoms. The number of carbonyl (C=O) groups excluding carboxylic acids is 1. The van der Waals surface area contributed by atoms with E-state index in [2.05, 4.69) is 23.2 Å². The van der Waals surface area contributed by atoms with E-state index in [1.54, 1.807) is 0 Å². The standard InChI is InChI=1S/C23H34N2O4/c1-2-3-6-12-24-21(26)15-25-13-11-23(27)10-5-4-7-18(23)22(25)17-8-9-19-20(14-17)29-16-28-19/h8-9,14,18,22,27H,2-7,10-13,15-16H2,1H3,(H,24,26). The third kappa shape index (κ3) is 4.38. The number of hydrogen-bond donors (Lipinski definition) is 2. The van der Waals surface area contributed by atoms with Crippen LogP contribution in [0.15, 0.2) is 18.2 Å². The Labute approximate surface area is 173 Å². The topological polar surface area (TPSA) is 71.0 Å². The van der Waals surface area contributed by atoms with Crippen molar-refractivity contribution in [2.75, 3.05) is 26.4 Å². The van der Waals surface area contributed by atoms with Crippen LogP contribution in [-0.2, 0) is 4.79 Å². The lowest BCUT2D eigenvalue weighted by Gasteiger charge is -2.52. The predicted octanol–water partition coefficient (Wildman–Crippen LogP) is 3.39. The number of amides is 1. The van der Waals surface area contributed by atoms with Crippen molar-refractivity contribution in [3.63, 3.8) is 0 Å². The number of carbonyl (C=O) groups is 1. The molecule has 2 aliphatic heterocycles. The van der Waals surface area contributed by atoms with E-state index in [1.165, 1.54) is 0 Å². The van der Waals surface area contributed by atoms with Gasteiger partial charge in [-0.1, -0.05) is 38.7 Å². The Morgan fingerprint density at radius 3 is 2.97 bits per heavy atom. The van der Waals surface area contributed by atoms with Gasteiger partial charge in [-0.05, 0) is 43.4 Å². The predicted molar refractivity (Wildman–Crippen MR) is 111 cm³/mol. The summed E-state index contributed by atoms with van der Waals surface area (Å²) in [5, 5.41) is 14.5. The molecule has 6 nitrogen and oxygen atoms in total. The van der Waals surface area contributed by atoms with Gasteiger partial charge in [-0.15, -0.1) is 0 Å². The molecule has 0 aromatic heterocycles. The molecule has 0 radical (unpaired) electrons. The van der Waals surface area contributed by atoms with Gasteiger partial charge in [-0.2, -0.15) is 0 Å². The molecule has 3 aliphatic rings. The lowest BCUT2D eigenvalue weighted by Crippen LogP contribution is -2.56. The van der Waals surface area contributed by atoms with E-state index in [1.807, 2.05) is 12.1 Å². The average molecular weight is 403 g/mol. The van der Waals surface area contributed by atoms with Crippen LogP contribution in [0.5, 0.6) is 11.5 Å². The molecule has 3 unspecified atom stereocenters. The van der Waals surface area contributed by atoms with Gasteiger partial charge < -0.3 is 19.9 Å². The summed E-state index contributed by atoms with van der Waals surface area (Å²) >= 11 is 0. The van der Waals surface area contributed by atoms with Crippen LogP contribution in [0.4, 0.5) is 0 Å². The van der Waals surface area contributed by atoms with E-state index in [0.717, 1.165) is 81.5 Å². The van der Waals surface area contributed by atoms with Gasteiger partial charge in [0, 0.05) is 25.0 Å². The van der Waals surface area contributed by atoms with Gasteiger partial charge in [0.05, 0.1) is 12.1 Å². The van der Waals surface area contributed by atoms with Gasteiger partial charge in [-0.3, -0.25) is 9.69 Å². The maximum absolute atomic E-state index is 12.6. The van der Waals surface area contributed by atoms with Crippen molar-refractivity contribution in [1.29, 1.82) is 0 Å². The van der Waals surface area contributed by atoms with E-state index in [4.69, 9.17) is 9.47 Å². The van der Waals surface area contributed by atoms with E-state index in [9.17, 15) is 9.90 Å². The summed E-state index contributed by atoms with van der Waals surface area (Å²) in [6.07, 6.45) is 8.11. The maximum atomic E-state index is 12.6. The number of hydrogen-bond acceptors (Lipinski definition) is 5. The van der Waals surface area contributed by atoms with E-state index >= 15 is 0 Å². The van der Waals surface area contributed by atoms with Gasteiger partial charge >= 0.3 is 0 Å². The number of ether oxygens (including phenoxy) is 2. The van der Waals surface area contributed by atoms with Crippen LogP contribution in [0.1, 0.15) is 69.9 Å². The fourth-order valence-corrected chi connectivity index (χ4v) is 5.30. The number of nitrogens with one attached hydrogen (secondary N) is 1. The molecule has 1 amide bonds. The highest BCUT2D eigenvalue weighted by Crippen LogP contribution is 2.50. The van der Waals surface area contributed by atoms with Gasteiger partial charge in [0.15, 0.2) is 11.5 Å². The number of piperidine rings is 1. The number of rotatable bonds is 7. The Morgan fingerprint density at radius 2 is 2.10 bits per heavy atom. The summed E-state index contributed by atoms with van der Waals surface area (Å²) in [7, 11) is 0. The van der Waals surface area contributed by atoms with Crippen molar-refractivity contribution in [2.24, 2.45) is 5.92 Å². The van der Waals surface area contributed by atoms with Gasteiger partial charge in [0.1, 0.15) is 0 Å². The van der Waals surface area contributed by atoms with Crippen LogP contribution in [-0.4, -0.2) is 47.9 Å². The number of benzene rings is 1. The van der Waals surface area contributed by atoms with Crippen molar-refractivity contribution in [3.05, 3.63) is 23.8 Å². The largest absolute Gasteiger partial charge is 0.454 e. The first-order valence-electron chi connectivity index (χ1n) is 11.2. The Hall–Kier alpha value is -1.79. The number of nitrogens with zero attached hydrogens (tertiary/aromatic N) is 1. The molecule has 0 spiro atoms. The first-order chi connectivity index (χ1) is 14.1. The second-order valence-electron chi connectivity index (χ2n) is 8.79. The Kier molecular flexibility index (Phi) is 6.30. The van der Waals surface area contributed by atoms with Crippen LogP contribution in [0.3, 0.4) is 0 Å². The molecule has 2 heterocycles. The number of fused-ring (bicyclic) bond motifs is 2. The fourth-order valence-electron chi connectivity index (χ4n) is 5.30. The lowest BCUT2D eigenvalue weighted by molar-refractivity contribution is -0.137. The molecule has 3 atom stereocenters. The molecule has 1 saturated carbocycles. The van der Waals surface area contributed by atoms with Crippen molar-refractivity contribution in [1.82, 2.24) is 10.2 Å². The third-order valence-electron chi connectivity index (χ3n) is 6.86.